The van der Waals surface area contributed by atoms with Crippen molar-refractivity contribution in [2.45, 2.75) is 38.3 Å². The fourth-order valence-electron chi connectivity index (χ4n) is 3.31. The van der Waals surface area contributed by atoms with Crippen LogP contribution in [0.5, 0.6) is 0 Å². The Morgan fingerprint density at radius 1 is 1.52 bits per heavy atom. The number of aliphatic hydroxyl groups excluding tert-OH is 1. The minimum Gasteiger partial charge on any atom is -0.483 e. The molecule has 2 aliphatic heterocycles. The van der Waals surface area contributed by atoms with E-state index in [1.54, 1.807) is 4.90 Å². The zero-order valence-electron chi connectivity index (χ0n) is 13.7. The number of nitrogens with one attached hydrogen (secondary N) is 1. The number of rotatable bonds is 3. The Labute approximate surface area is 144 Å². The number of tetrazole rings is 1. The van der Waals surface area contributed by atoms with Crippen molar-refractivity contribution in [3.8, 4) is 0 Å². The molecule has 11 heteroatoms. The summed E-state index contributed by atoms with van der Waals surface area (Å²) >= 11 is 0. The van der Waals surface area contributed by atoms with E-state index in [2.05, 4.69) is 20.8 Å². The number of hydrogen-bond acceptors (Lipinski definition) is 7. The lowest BCUT2D eigenvalue weighted by molar-refractivity contribution is -0.154. The molecular formula is C14H22N6O5. The first-order valence-electron chi connectivity index (χ1n) is 8.06. The Hall–Kier alpha value is -2.56. The molecule has 1 aromatic heterocycles. The van der Waals surface area contributed by atoms with Crippen molar-refractivity contribution in [3.05, 3.63) is 6.33 Å². The number of nitrogens with zero attached hydrogens (tertiary/aromatic N) is 5. The van der Waals surface area contributed by atoms with Crippen molar-refractivity contribution in [2.75, 3.05) is 19.6 Å². The predicted molar refractivity (Wildman–Crippen MR) is 83.0 cm³/mol. The summed E-state index contributed by atoms with van der Waals surface area (Å²) in [6.07, 6.45) is 2.94. The largest absolute Gasteiger partial charge is 0.483 e. The van der Waals surface area contributed by atoms with Gasteiger partial charge in [-0.2, -0.15) is 0 Å². The van der Waals surface area contributed by atoms with Crippen LogP contribution in [0.15, 0.2) is 6.33 Å². The molecule has 3 N–H and O–H groups in total. The Morgan fingerprint density at radius 3 is 2.92 bits per heavy atom. The summed E-state index contributed by atoms with van der Waals surface area (Å²) in [6.45, 7) is 1.56. The summed E-state index contributed by atoms with van der Waals surface area (Å²) in [5, 5.41) is 30.8. The van der Waals surface area contributed by atoms with Crippen LogP contribution in [0.2, 0.25) is 0 Å². The number of aromatic nitrogens is 4. The highest BCUT2D eigenvalue weighted by molar-refractivity contribution is 5.86. The fraction of sp³-hybridized carbons (Fsp3) is 0.714. The second kappa shape index (κ2) is 8.51. The van der Waals surface area contributed by atoms with Crippen molar-refractivity contribution in [1.29, 1.82) is 0 Å². The van der Waals surface area contributed by atoms with Crippen LogP contribution in [0.25, 0.3) is 0 Å². The van der Waals surface area contributed by atoms with Gasteiger partial charge in [0.25, 0.3) is 6.47 Å². The second-order valence-electron chi connectivity index (χ2n) is 6.06. The van der Waals surface area contributed by atoms with Crippen LogP contribution >= 0.6 is 0 Å². The number of carboxylic acid groups (broad SMARTS) is 1. The van der Waals surface area contributed by atoms with E-state index in [1.807, 2.05) is 0 Å². The third-order valence-electron chi connectivity index (χ3n) is 4.62. The summed E-state index contributed by atoms with van der Waals surface area (Å²) in [6, 6.07) is 0. The van der Waals surface area contributed by atoms with Gasteiger partial charge in [0.05, 0.1) is 18.1 Å². The average molecular weight is 354 g/mol. The number of carbonyl (C=O) groups excluding carboxylic acids is 2. The molecule has 2 aliphatic rings. The monoisotopic (exact) mass is 354 g/mol. The Bertz CT molecular complexity index is 595. The lowest BCUT2D eigenvalue weighted by Gasteiger charge is -2.46. The van der Waals surface area contributed by atoms with Gasteiger partial charge in [-0.3, -0.25) is 14.4 Å². The molecule has 2 atom stereocenters. The van der Waals surface area contributed by atoms with Crippen LogP contribution < -0.4 is 5.32 Å². The van der Waals surface area contributed by atoms with E-state index in [9.17, 15) is 14.7 Å². The van der Waals surface area contributed by atoms with Gasteiger partial charge in [-0.25, -0.2) is 4.68 Å². The van der Waals surface area contributed by atoms with E-state index in [4.69, 9.17) is 9.90 Å². The predicted octanol–water partition coefficient (Wildman–Crippen LogP) is -1.75. The Kier molecular flexibility index (Phi) is 6.39. The van der Waals surface area contributed by atoms with Gasteiger partial charge < -0.3 is 20.4 Å². The molecule has 0 aromatic carbocycles. The van der Waals surface area contributed by atoms with Crippen molar-refractivity contribution in [1.82, 2.24) is 30.4 Å². The summed E-state index contributed by atoms with van der Waals surface area (Å²) in [5.74, 6) is -0.177. The lowest BCUT2D eigenvalue weighted by Crippen LogP contribution is -2.62. The van der Waals surface area contributed by atoms with Crippen LogP contribution in [0.1, 0.15) is 25.7 Å². The number of aryl methyl sites for hydroxylation is 1. The molecule has 0 bridgehead atoms. The average Bonchev–Trinajstić information content (AvgIpc) is 3.12. The summed E-state index contributed by atoms with van der Waals surface area (Å²) in [5.41, 5.74) is -0.846. The summed E-state index contributed by atoms with van der Waals surface area (Å²) < 4.78 is 1.50. The zero-order valence-corrected chi connectivity index (χ0v) is 13.7. The lowest BCUT2D eigenvalue weighted by atomic mass is 9.71. The number of aliphatic hydroxyl groups is 1. The van der Waals surface area contributed by atoms with E-state index in [1.165, 1.54) is 11.0 Å². The van der Waals surface area contributed by atoms with E-state index >= 15 is 0 Å². The van der Waals surface area contributed by atoms with Gasteiger partial charge in [-0.05, 0) is 29.7 Å². The SMILES string of the molecule is O=C(CCn1cnnn1)N1CC[C@H](O)[C@@]2(CCCNC2=O)C1.O=CO. The first-order valence-corrected chi connectivity index (χ1v) is 8.06. The molecule has 0 saturated carbocycles. The normalized spacial score (nSPS) is 25.7. The number of hydrogen-bond donors (Lipinski definition) is 3. The second-order valence-corrected chi connectivity index (χ2v) is 6.06. The molecule has 2 amide bonds. The maximum Gasteiger partial charge on any atom is 0.290 e. The minimum absolute atomic E-state index is 0.0415. The van der Waals surface area contributed by atoms with Crippen LogP contribution in [0, 0.1) is 5.41 Å². The van der Waals surface area contributed by atoms with Crippen molar-refractivity contribution in [3.63, 3.8) is 0 Å². The molecule has 11 nitrogen and oxygen atoms in total. The molecule has 3 rings (SSSR count). The van der Waals surface area contributed by atoms with Gasteiger partial charge in [-0.1, -0.05) is 0 Å². The number of piperidine rings is 2. The smallest absolute Gasteiger partial charge is 0.290 e. The van der Waals surface area contributed by atoms with E-state index in [0.717, 1.165) is 6.42 Å². The zero-order chi connectivity index (χ0) is 18.3. The van der Waals surface area contributed by atoms with E-state index in [0.29, 0.717) is 32.5 Å². The maximum absolute atomic E-state index is 12.4. The van der Waals surface area contributed by atoms with Crippen LogP contribution in [0.3, 0.4) is 0 Å². The molecule has 0 unspecified atom stereocenters. The molecule has 2 fully saturated rings. The molecule has 138 valence electrons. The molecule has 0 radical (unpaired) electrons. The van der Waals surface area contributed by atoms with Crippen LogP contribution in [-0.4, -0.2) is 79.3 Å². The highest BCUT2D eigenvalue weighted by Gasteiger charge is 2.50. The first kappa shape index (κ1) is 18.8. The van der Waals surface area contributed by atoms with Gasteiger partial charge in [0.2, 0.25) is 11.8 Å². The van der Waals surface area contributed by atoms with Crippen molar-refractivity contribution >= 4 is 18.3 Å². The number of carbonyl (C=O) groups is 3. The minimum atomic E-state index is -0.846. The van der Waals surface area contributed by atoms with E-state index in [-0.39, 0.29) is 31.3 Å². The first-order chi connectivity index (χ1) is 12.0. The van der Waals surface area contributed by atoms with Crippen molar-refractivity contribution in [2.24, 2.45) is 5.41 Å². The molecule has 1 aromatic rings. The molecule has 2 saturated heterocycles. The van der Waals surface area contributed by atoms with Crippen molar-refractivity contribution < 1.29 is 24.6 Å². The Morgan fingerprint density at radius 2 is 2.28 bits per heavy atom. The highest BCUT2D eigenvalue weighted by atomic mass is 16.3. The third kappa shape index (κ3) is 4.29. The van der Waals surface area contributed by atoms with Gasteiger partial charge in [0.15, 0.2) is 0 Å². The van der Waals surface area contributed by atoms with Gasteiger partial charge >= 0.3 is 0 Å². The summed E-state index contributed by atoms with van der Waals surface area (Å²) in [7, 11) is 0. The van der Waals surface area contributed by atoms with Gasteiger partial charge in [0, 0.05) is 26.1 Å². The van der Waals surface area contributed by atoms with Gasteiger partial charge in [0.1, 0.15) is 6.33 Å². The molecule has 1 spiro atoms. The maximum atomic E-state index is 12.4. The Balaban J connectivity index is 0.000000701. The molecular weight excluding hydrogens is 332 g/mol. The quantitative estimate of drug-likeness (QED) is 0.541. The summed E-state index contributed by atoms with van der Waals surface area (Å²) in [4.78, 5) is 34.7. The number of amides is 2. The number of likely N-dealkylation sites (tertiary alicyclic amines) is 1. The van der Waals surface area contributed by atoms with Crippen LogP contribution in [-0.2, 0) is 20.9 Å². The molecule has 3 heterocycles. The van der Waals surface area contributed by atoms with E-state index < -0.39 is 11.5 Å². The highest BCUT2D eigenvalue weighted by Crippen LogP contribution is 2.37. The molecule has 25 heavy (non-hydrogen) atoms. The fourth-order valence-corrected chi connectivity index (χ4v) is 3.31. The van der Waals surface area contributed by atoms with Crippen LogP contribution in [0.4, 0.5) is 0 Å². The third-order valence-corrected chi connectivity index (χ3v) is 4.62. The van der Waals surface area contributed by atoms with Gasteiger partial charge in [-0.15, -0.1) is 5.10 Å². The standard InChI is InChI=1S/C13H20N6O3.CH2O2/c20-10-2-6-18(8-13(10)4-1-5-14-12(13)22)11(21)3-7-19-9-15-16-17-19;2-1-3/h9-10,20H,1-8H2,(H,14,22);1H,(H,2,3)/t10-,13+;/m0./s1. The topological polar surface area (TPSA) is 151 Å². The molecule has 0 aliphatic carbocycles.